The summed E-state index contributed by atoms with van der Waals surface area (Å²) in [6, 6.07) is 12.8. The molecule has 0 radical (unpaired) electrons. The van der Waals surface area contributed by atoms with E-state index in [2.05, 4.69) is 78.2 Å². The van der Waals surface area contributed by atoms with Crippen molar-refractivity contribution in [3.8, 4) is 11.3 Å². The monoisotopic (exact) mass is 405 g/mol. The number of rotatable bonds is 7. The van der Waals surface area contributed by atoms with E-state index in [-0.39, 0.29) is 6.04 Å². The smallest absolute Gasteiger partial charge is 0.186 e. The minimum absolute atomic E-state index is 0.202. The third-order valence-corrected chi connectivity index (χ3v) is 6.32. The summed E-state index contributed by atoms with van der Waals surface area (Å²) in [6.07, 6.45) is 3.91. The maximum Gasteiger partial charge on any atom is 0.186 e. The number of nitrogens with zero attached hydrogens (tertiary/aromatic N) is 3. The molecule has 4 rings (SSSR count). The van der Waals surface area contributed by atoms with Gasteiger partial charge in [0.2, 0.25) is 0 Å². The molecule has 1 atom stereocenters. The molecule has 0 saturated carbocycles. The van der Waals surface area contributed by atoms with Crippen molar-refractivity contribution < 1.29 is 0 Å². The fourth-order valence-corrected chi connectivity index (χ4v) is 4.67. The first-order chi connectivity index (χ1) is 14.1. The van der Waals surface area contributed by atoms with E-state index in [1.807, 2.05) is 18.5 Å². The number of benzene rings is 1. The molecule has 0 amide bonds. The van der Waals surface area contributed by atoms with Crippen molar-refractivity contribution in [3.63, 3.8) is 0 Å². The third-order valence-electron chi connectivity index (χ3n) is 5.29. The third kappa shape index (κ3) is 3.85. The van der Waals surface area contributed by atoms with Gasteiger partial charge < -0.3 is 15.2 Å². The summed E-state index contributed by atoms with van der Waals surface area (Å²) in [5, 5.41) is 5.75. The largest absolute Gasteiger partial charge is 0.377 e. The predicted molar refractivity (Wildman–Crippen MR) is 124 cm³/mol. The summed E-state index contributed by atoms with van der Waals surface area (Å²) in [7, 11) is 0. The Morgan fingerprint density at radius 1 is 1.17 bits per heavy atom. The zero-order chi connectivity index (χ0) is 20.4. The molecule has 5 nitrogen and oxygen atoms in total. The molecule has 6 heteroatoms. The zero-order valence-electron chi connectivity index (χ0n) is 17.4. The molecule has 1 unspecified atom stereocenters. The topological polar surface area (TPSA) is 56.8 Å². The number of pyridine rings is 1. The molecule has 3 aromatic heterocycles. The Morgan fingerprint density at radius 2 is 1.93 bits per heavy atom. The van der Waals surface area contributed by atoms with Crippen molar-refractivity contribution in [1.29, 1.82) is 0 Å². The lowest BCUT2D eigenvalue weighted by atomic mass is 10.1. The van der Waals surface area contributed by atoms with Crippen LogP contribution in [0.15, 0.2) is 48.8 Å². The molecule has 150 valence electrons. The molecule has 0 aliphatic heterocycles. The number of nitrogens with one attached hydrogen (secondary N) is 2. The van der Waals surface area contributed by atoms with E-state index in [9.17, 15) is 0 Å². The van der Waals surface area contributed by atoms with Gasteiger partial charge in [-0.3, -0.25) is 0 Å². The van der Waals surface area contributed by atoms with Gasteiger partial charge in [-0.05, 0) is 39.3 Å². The van der Waals surface area contributed by atoms with E-state index in [1.165, 1.54) is 10.4 Å². The maximum atomic E-state index is 4.96. The van der Waals surface area contributed by atoms with Gasteiger partial charge in [0.25, 0.3) is 0 Å². The van der Waals surface area contributed by atoms with Crippen molar-refractivity contribution in [2.75, 3.05) is 23.3 Å². The summed E-state index contributed by atoms with van der Waals surface area (Å²) < 4.78 is 0. The number of hydrogen-bond acceptors (Lipinski definition) is 5. The minimum Gasteiger partial charge on any atom is -0.377 e. The molecule has 0 aliphatic rings. The minimum atomic E-state index is 0.202. The van der Waals surface area contributed by atoms with Crippen LogP contribution < -0.4 is 10.2 Å². The number of fused-ring (bicyclic) bond motifs is 1. The standard InChI is InChI=1S/C23H27N5S/c1-5-28(6-2)23-27-21(16(4)29-23)20-14-25-22-19(20)12-18(13-24-22)26-15(3)17-10-8-7-9-11-17/h7-15,26H,5-6H2,1-4H3,(H,24,25). The summed E-state index contributed by atoms with van der Waals surface area (Å²) >= 11 is 1.76. The van der Waals surface area contributed by atoms with E-state index >= 15 is 0 Å². The lowest BCUT2D eigenvalue weighted by molar-refractivity contribution is 0.860. The van der Waals surface area contributed by atoms with Crippen molar-refractivity contribution in [1.82, 2.24) is 15.0 Å². The fraction of sp³-hybridized carbons (Fsp3) is 0.304. The average molecular weight is 406 g/mol. The number of aromatic nitrogens is 3. The summed E-state index contributed by atoms with van der Waals surface area (Å²) in [5.74, 6) is 0. The Hall–Kier alpha value is -2.86. The van der Waals surface area contributed by atoms with Gasteiger partial charge in [0.15, 0.2) is 5.13 Å². The second kappa shape index (κ2) is 8.25. The fourth-order valence-electron chi connectivity index (χ4n) is 3.61. The highest BCUT2D eigenvalue weighted by Gasteiger charge is 2.17. The molecular weight excluding hydrogens is 378 g/mol. The highest BCUT2D eigenvalue weighted by Crippen LogP contribution is 2.36. The molecule has 0 spiro atoms. The SMILES string of the molecule is CCN(CC)c1nc(-c2c[nH]c3ncc(NC(C)c4ccccc4)cc23)c(C)s1. The highest BCUT2D eigenvalue weighted by atomic mass is 32.1. The van der Waals surface area contributed by atoms with E-state index < -0.39 is 0 Å². The van der Waals surface area contributed by atoms with Crippen molar-refractivity contribution in [3.05, 3.63) is 59.2 Å². The van der Waals surface area contributed by atoms with Crippen LogP contribution in [0.5, 0.6) is 0 Å². The molecular formula is C23H27N5S. The van der Waals surface area contributed by atoms with Crippen LogP contribution in [0.2, 0.25) is 0 Å². The molecule has 0 aliphatic carbocycles. The zero-order valence-corrected chi connectivity index (χ0v) is 18.2. The van der Waals surface area contributed by atoms with Crippen molar-refractivity contribution in [2.45, 2.75) is 33.7 Å². The van der Waals surface area contributed by atoms with E-state index in [0.717, 1.165) is 46.2 Å². The van der Waals surface area contributed by atoms with Crippen LogP contribution in [-0.2, 0) is 0 Å². The molecule has 3 heterocycles. The molecule has 4 aromatic rings. The molecule has 0 saturated heterocycles. The van der Waals surface area contributed by atoms with Crippen LogP contribution in [0.4, 0.5) is 10.8 Å². The number of aromatic amines is 1. The second-order valence-corrected chi connectivity index (χ2v) is 8.35. The maximum absolute atomic E-state index is 4.96. The average Bonchev–Trinajstić information content (AvgIpc) is 3.32. The van der Waals surface area contributed by atoms with Crippen LogP contribution in [0.3, 0.4) is 0 Å². The Balaban J connectivity index is 1.68. The molecule has 29 heavy (non-hydrogen) atoms. The first-order valence-electron chi connectivity index (χ1n) is 10.1. The van der Waals surface area contributed by atoms with Gasteiger partial charge in [-0.25, -0.2) is 9.97 Å². The molecule has 0 fully saturated rings. The first kappa shape index (κ1) is 19.5. The van der Waals surface area contributed by atoms with Gasteiger partial charge >= 0.3 is 0 Å². The van der Waals surface area contributed by atoms with E-state index in [4.69, 9.17) is 4.98 Å². The van der Waals surface area contributed by atoms with Gasteiger partial charge in [-0.2, -0.15) is 0 Å². The van der Waals surface area contributed by atoms with Crippen molar-refractivity contribution in [2.24, 2.45) is 0 Å². The van der Waals surface area contributed by atoms with Crippen LogP contribution in [0, 0.1) is 6.92 Å². The second-order valence-electron chi connectivity index (χ2n) is 7.17. The molecule has 2 N–H and O–H groups in total. The number of H-pyrrole nitrogens is 1. The quantitative estimate of drug-likeness (QED) is 0.395. The van der Waals surface area contributed by atoms with Crippen LogP contribution in [0.1, 0.15) is 37.3 Å². The van der Waals surface area contributed by atoms with Crippen molar-refractivity contribution >= 4 is 33.2 Å². The van der Waals surface area contributed by atoms with Gasteiger partial charge in [-0.15, -0.1) is 11.3 Å². The van der Waals surface area contributed by atoms with E-state index in [1.54, 1.807) is 11.3 Å². The van der Waals surface area contributed by atoms with Gasteiger partial charge in [0.1, 0.15) is 5.65 Å². The Labute approximate surface area is 175 Å². The van der Waals surface area contributed by atoms with Crippen LogP contribution >= 0.6 is 11.3 Å². The number of thiazole rings is 1. The summed E-state index contributed by atoms with van der Waals surface area (Å²) in [6.45, 7) is 10.6. The molecule has 0 bridgehead atoms. The van der Waals surface area contributed by atoms with Crippen LogP contribution in [0.25, 0.3) is 22.3 Å². The highest BCUT2D eigenvalue weighted by molar-refractivity contribution is 7.16. The van der Waals surface area contributed by atoms with Gasteiger partial charge in [-0.1, -0.05) is 30.3 Å². The number of anilines is 2. The van der Waals surface area contributed by atoms with E-state index in [0.29, 0.717) is 0 Å². The Bertz CT molecular complexity index is 1100. The Kier molecular flexibility index (Phi) is 5.53. The Morgan fingerprint density at radius 3 is 2.66 bits per heavy atom. The van der Waals surface area contributed by atoms with Gasteiger partial charge in [0, 0.05) is 41.2 Å². The normalized spacial score (nSPS) is 12.3. The lowest BCUT2D eigenvalue weighted by Gasteiger charge is -2.16. The summed E-state index contributed by atoms with van der Waals surface area (Å²) in [5.41, 5.74) is 5.29. The van der Waals surface area contributed by atoms with Crippen LogP contribution in [-0.4, -0.2) is 28.0 Å². The summed E-state index contributed by atoms with van der Waals surface area (Å²) in [4.78, 5) is 16.4. The first-order valence-corrected chi connectivity index (χ1v) is 10.9. The number of hydrogen-bond donors (Lipinski definition) is 2. The predicted octanol–water partition coefficient (Wildman–Crippen LogP) is 6.01. The number of aryl methyl sites for hydroxylation is 1. The lowest BCUT2D eigenvalue weighted by Crippen LogP contribution is -2.21. The van der Waals surface area contributed by atoms with Gasteiger partial charge in [0.05, 0.1) is 17.6 Å². The molecule has 1 aromatic carbocycles.